The van der Waals surface area contributed by atoms with Crippen molar-refractivity contribution in [1.82, 2.24) is 4.90 Å². The van der Waals surface area contributed by atoms with E-state index in [0.717, 1.165) is 18.2 Å². The van der Waals surface area contributed by atoms with Crippen LogP contribution in [-0.2, 0) is 20.8 Å². The molecular weight excluding hydrogens is 276 g/mol. The number of carboxylic acid groups (broad SMARTS) is 2. The molecule has 0 unspecified atom stereocenters. The number of rotatable bonds is 6. The number of nitrogens with zero attached hydrogens (tertiary/aromatic N) is 1. The van der Waals surface area contributed by atoms with E-state index in [1.807, 2.05) is 0 Å². The number of hydrogen-bond acceptors (Lipinski definition) is 3. The average molecular weight is 287 g/mol. The van der Waals surface area contributed by atoms with Gasteiger partial charge in [-0.3, -0.25) is 14.4 Å². The second kappa shape index (κ2) is 6.60. The Labute approximate surface area is 112 Å². The van der Waals surface area contributed by atoms with E-state index in [1.165, 1.54) is 0 Å². The molecule has 1 aromatic rings. The Morgan fingerprint density at radius 1 is 1.00 bits per heavy atom. The summed E-state index contributed by atoms with van der Waals surface area (Å²) in [6.45, 7) is -1.72. The Kier molecular flexibility index (Phi) is 5.13. The number of carbonyl (C=O) groups is 3. The van der Waals surface area contributed by atoms with Crippen LogP contribution in [0.2, 0.25) is 0 Å². The second-order valence-corrected chi connectivity index (χ2v) is 3.91. The third kappa shape index (κ3) is 4.30. The van der Waals surface area contributed by atoms with Crippen LogP contribution in [0.5, 0.6) is 0 Å². The molecule has 1 rings (SSSR count). The molecule has 0 atom stereocenters. The molecule has 0 spiro atoms. The highest BCUT2D eigenvalue weighted by Gasteiger charge is 2.22. The number of benzene rings is 1. The second-order valence-electron chi connectivity index (χ2n) is 3.91. The first-order chi connectivity index (χ1) is 9.31. The van der Waals surface area contributed by atoms with Gasteiger partial charge in [0.1, 0.15) is 24.7 Å². The molecule has 0 radical (unpaired) electrons. The molecular formula is C12H11F2NO5. The van der Waals surface area contributed by atoms with Crippen molar-refractivity contribution >= 4 is 17.8 Å². The number of amides is 1. The van der Waals surface area contributed by atoms with Gasteiger partial charge in [-0.1, -0.05) is 6.07 Å². The maximum atomic E-state index is 13.4. The maximum absolute atomic E-state index is 13.4. The van der Waals surface area contributed by atoms with Crippen molar-refractivity contribution in [2.75, 3.05) is 13.1 Å². The molecule has 0 aliphatic heterocycles. The van der Waals surface area contributed by atoms with E-state index >= 15 is 0 Å². The number of halogens is 2. The van der Waals surface area contributed by atoms with Crippen LogP contribution in [0.3, 0.4) is 0 Å². The lowest BCUT2D eigenvalue weighted by atomic mass is 10.1. The van der Waals surface area contributed by atoms with E-state index in [0.29, 0.717) is 4.90 Å². The SMILES string of the molecule is O=C(O)CN(CC(=O)O)C(=O)Cc1c(F)cccc1F. The predicted octanol–water partition coefficient (Wildman–Crippen LogP) is 0.505. The summed E-state index contributed by atoms with van der Waals surface area (Å²) in [5, 5.41) is 17.2. The zero-order valence-electron chi connectivity index (χ0n) is 10.2. The van der Waals surface area contributed by atoms with Crippen LogP contribution in [0, 0.1) is 11.6 Å². The lowest BCUT2D eigenvalue weighted by Crippen LogP contribution is -2.40. The molecule has 0 aromatic heterocycles. The van der Waals surface area contributed by atoms with Gasteiger partial charge in [0.15, 0.2) is 0 Å². The van der Waals surface area contributed by atoms with Crippen LogP contribution >= 0.6 is 0 Å². The van der Waals surface area contributed by atoms with Gasteiger partial charge >= 0.3 is 11.9 Å². The topological polar surface area (TPSA) is 94.9 Å². The van der Waals surface area contributed by atoms with E-state index in [2.05, 4.69) is 0 Å². The molecule has 108 valence electrons. The van der Waals surface area contributed by atoms with Crippen molar-refractivity contribution in [2.24, 2.45) is 0 Å². The van der Waals surface area contributed by atoms with E-state index in [-0.39, 0.29) is 0 Å². The highest BCUT2D eigenvalue weighted by molar-refractivity contribution is 5.86. The lowest BCUT2D eigenvalue weighted by Gasteiger charge is -2.18. The molecule has 20 heavy (non-hydrogen) atoms. The van der Waals surface area contributed by atoms with Gasteiger partial charge in [-0.25, -0.2) is 8.78 Å². The molecule has 0 heterocycles. The molecule has 0 saturated carbocycles. The van der Waals surface area contributed by atoms with Gasteiger partial charge in [0.2, 0.25) is 5.91 Å². The fourth-order valence-electron chi connectivity index (χ4n) is 1.52. The van der Waals surface area contributed by atoms with Gasteiger partial charge in [-0.15, -0.1) is 0 Å². The van der Waals surface area contributed by atoms with Crippen molar-refractivity contribution in [3.8, 4) is 0 Å². The Bertz CT molecular complexity index is 510. The summed E-state index contributed by atoms with van der Waals surface area (Å²) in [6, 6.07) is 3.01. The fraction of sp³-hybridized carbons (Fsp3) is 0.250. The first-order valence-electron chi connectivity index (χ1n) is 5.45. The molecule has 2 N–H and O–H groups in total. The molecule has 0 saturated heterocycles. The standard InChI is InChI=1S/C12H11F2NO5/c13-8-2-1-3-9(14)7(8)4-10(16)15(5-11(17)18)6-12(19)20/h1-3H,4-6H2,(H,17,18)(H,19,20). The quantitative estimate of drug-likeness (QED) is 0.794. The first-order valence-corrected chi connectivity index (χ1v) is 5.45. The van der Waals surface area contributed by atoms with Crippen molar-refractivity contribution in [3.63, 3.8) is 0 Å². The molecule has 6 nitrogen and oxygen atoms in total. The van der Waals surface area contributed by atoms with Crippen LogP contribution in [0.4, 0.5) is 8.78 Å². The van der Waals surface area contributed by atoms with E-state index < -0.39 is 54.6 Å². The fourth-order valence-corrected chi connectivity index (χ4v) is 1.52. The van der Waals surface area contributed by atoms with Crippen LogP contribution in [0.1, 0.15) is 5.56 Å². The van der Waals surface area contributed by atoms with Gasteiger partial charge in [0.25, 0.3) is 0 Å². The van der Waals surface area contributed by atoms with Crippen LogP contribution < -0.4 is 0 Å². The summed E-state index contributed by atoms with van der Waals surface area (Å²) in [7, 11) is 0. The molecule has 1 amide bonds. The molecule has 0 bridgehead atoms. The zero-order valence-corrected chi connectivity index (χ0v) is 10.2. The van der Waals surface area contributed by atoms with Gasteiger partial charge < -0.3 is 15.1 Å². The van der Waals surface area contributed by atoms with Gasteiger partial charge in [0.05, 0.1) is 6.42 Å². The molecule has 1 aromatic carbocycles. The summed E-state index contributed by atoms with van der Waals surface area (Å²) >= 11 is 0. The molecule has 0 aliphatic rings. The summed E-state index contributed by atoms with van der Waals surface area (Å²) in [5.41, 5.74) is -0.529. The Hall–Kier alpha value is -2.51. The number of aliphatic carboxylic acids is 2. The van der Waals surface area contributed by atoms with Crippen molar-refractivity contribution in [3.05, 3.63) is 35.4 Å². The number of carbonyl (C=O) groups excluding carboxylic acids is 1. The molecule has 0 aliphatic carbocycles. The van der Waals surface area contributed by atoms with E-state index in [9.17, 15) is 23.2 Å². The first kappa shape index (κ1) is 15.5. The largest absolute Gasteiger partial charge is 0.480 e. The summed E-state index contributed by atoms with van der Waals surface area (Å²) in [4.78, 5) is 33.3. The van der Waals surface area contributed by atoms with Crippen LogP contribution in [-0.4, -0.2) is 46.0 Å². The third-order valence-corrected chi connectivity index (χ3v) is 2.39. The number of carboxylic acids is 2. The van der Waals surface area contributed by atoms with Crippen LogP contribution in [0.25, 0.3) is 0 Å². The Morgan fingerprint density at radius 3 is 1.85 bits per heavy atom. The third-order valence-electron chi connectivity index (χ3n) is 2.39. The van der Waals surface area contributed by atoms with Gasteiger partial charge in [0, 0.05) is 5.56 Å². The van der Waals surface area contributed by atoms with Crippen molar-refractivity contribution < 1.29 is 33.4 Å². The van der Waals surface area contributed by atoms with E-state index in [1.54, 1.807) is 0 Å². The van der Waals surface area contributed by atoms with Crippen LogP contribution in [0.15, 0.2) is 18.2 Å². The zero-order chi connectivity index (χ0) is 15.3. The Morgan fingerprint density at radius 2 is 1.45 bits per heavy atom. The smallest absolute Gasteiger partial charge is 0.323 e. The minimum atomic E-state index is -1.42. The number of hydrogen-bond donors (Lipinski definition) is 2. The van der Waals surface area contributed by atoms with Gasteiger partial charge in [-0.2, -0.15) is 0 Å². The highest BCUT2D eigenvalue weighted by Crippen LogP contribution is 2.13. The van der Waals surface area contributed by atoms with Crippen molar-refractivity contribution in [1.29, 1.82) is 0 Å². The minimum absolute atomic E-state index is 0.497. The maximum Gasteiger partial charge on any atom is 0.323 e. The minimum Gasteiger partial charge on any atom is -0.480 e. The monoisotopic (exact) mass is 287 g/mol. The average Bonchev–Trinajstić information content (AvgIpc) is 2.31. The predicted molar refractivity (Wildman–Crippen MR) is 61.9 cm³/mol. The van der Waals surface area contributed by atoms with Crippen molar-refractivity contribution in [2.45, 2.75) is 6.42 Å². The molecule has 0 fully saturated rings. The highest BCUT2D eigenvalue weighted by atomic mass is 19.1. The normalized spacial score (nSPS) is 10.1. The van der Waals surface area contributed by atoms with E-state index in [4.69, 9.17) is 10.2 Å². The lowest BCUT2D eigenvalue weighted by molar-refractivity contribution is -0.149. The van der Waals surface area contributed by atoms with Gasteiger partial charge in [-0.05, 0) is 12.1 Å². The summed E-state index contributed by atoms with van der Waals surface area (Å²) in [6.07, 6.45) is -0.751. The molecule has 8 heteroatoms. The summed E-state index contributed by atoms with van der Waals surface area (Å²) < 4.78 is 26.7. The summed E-state index contributed by atoms with van der Waals surface area (Å²) in [5.74, 6) is -5.74. The Balaban J connectivity index is 2.90.